The van der Waals surface area contributed by atoms with Gasteiger partial charge in [0.15, 0.2) is 0 Å². The summed E-state index contributed by atoms with van der Waals surface area (Å²) >= 11 is 12.2. The Labute approximate surface area is 124 Å². The molecular weight excluding hydrogens is 279 g/mol. The molecule has 0 aliphatic carbocycles. The summed E-state index contributed by atoms with van der Waals surface area (Å²) in [5.41, 5.74) is 2.15. The lowest BCUT2D eigenvalue weighted by Gasteiger charge is -2.12. The van der Waals surface area contributed by atoms with Gasteiger partial charge in [-0.1, -0.05) is 43.1 Å². The van der Waals surface area contributed by atoms with E-state index in [-0.39, 0.29) is 0 Å². The number of aryl methyl sites for hydroxylation is 1. The number of hydrogen-bond acceptors (Lipinski definition) is 1. The van der Waals surface area contributed by atoms with Crippen molar-refractivity contribution in [1.82, 2.24) is 9.55 Å². The van der Waals surface area contributed by atoms with Crippen molar-refractivity contribution in [3.63, 3.8) is 0 Å². The molecule has 1 aromatic carbocycles. The topological polar surface area (TPSA) is 17.8 Å². The van der Waals surface area contributed by atoms with Gasteiger partial charge < -0.3 is 4.57 Å². The van der Waals surface area contributed by atoms with E-state index in [4.69, 9.17) is 23.2 Å². The lowest BCUT2D eigenvalue weighted by Crippen LogP contribution is -2.08. The SMILES string of the molecule is CCCCc1ncc(CCl)n1Cc1ccccc1Cl. The van der Waals surface area contributed by atoms with Gasteiger partial charge in [-0.2, -0.15) is 0 Å². The van der Waals surface area contributed by atoms with Crippen LogP contribution in [0.25, 0.3) is 0 Å². The van der Waals surface area contributed by atoms with Crippen LogP contribution in [0.15, 0.2) is 30.5 Å². The maximum atomic E-state index is 6.23. The summed E-state index contributed by atoms with van der Waals surface area (Å²) in [6.07, 6.45) is 5.16. The largest absolute Gasteiger partial charge is 0.326 e. The number of aromatic nitrogens is 2. The average Bonchev–Trinajstić information content (AvgIpc) is 2.81. The third-order valence-corrected chi connectivity index (χ3v) is 3.84. The Hall–Kier alpha value is -0.990. The molecule has 2 nitrogen and oxygen atoms in total. The first kappa shape index (κ1) is 14.4. The van der Waals surface area contributed by atoms with E-state index < -0.39 is 0 Å². The molecule has 0 amide bonds. The lowest BCUT2D eigenvalue weighted by atomic mass is 10.2. The number of benzene rings is 1. The van der Waals surface area contributed by atoms with Crippen molar-refractivity contribution < 1.29 is 0 Å². The highest BCUT2D eigenvalue weighted by Gasteiger charge is 2.10. The van der Waals surface area contributed by atoms with E-state index in [1.54, 1.807) is 0 Å². The van der Waals surface area contributed by atoms with Crippen molar-refractivity contribution in [3.05, 3.63) is 52.6 Å². The summed E-state index contributed by atoms with van der Waals surface area (Å²) in [6, 6.07) is 7.91. The van der Waals surface area contributed by atoms with Crippen LogP contribution in [0.4, 0.5) is 0 Å². The number of alkyl halides is 1. The second-order valence-corrected chi connectivity index (χ2v) is 5.25. The summed E-state index contributed by atoms with van der Waals surface area (Å²) in [4.78, 5) is 4.49. The molecular formula is C15H18Cl2N2. The van der Waals surface area contributed by atoms with Gasteiger partial charge in [-0.3, -0.25) is 0 Å². The van der Waals surface area contributed by atoms with E-state index in [1.807, 2.05) is 30.5 Å². The molecule has 1 aromatic heterocycles. The van der Waals surface area contributed by atoms with Gasteiger partial charge in [-0.05, 0) is 18.1 Å². The molecule has 0 atom stereocenters. The van der Waals surface area contributed by atoms with Crippen LogP contribution in [-0.2, 0) is 18.8 Å². The number of unbranched alkanes of at least 4 members (excludes halogenated alkanes) is 1. The maximum Gasteiger partial charge on any atom is 0.109 e. The predicted molar refractivity (Wildman–Crippen MR) is 81.0 cm³/mol. The van der Waals surface area contributed by atoms with Crippen molar-refractivity contribution in [2.75, 3.05) is 0 Å². The van der Waals surface area contributed by atoms with Crippen molar-refractivity contribution in [3.8, 4) is 0 Å². The number of rotatable bonds is 6. The molecule has 0 aliphatic rings. The fraction of sp³-hybridized carbons (Fsp3) is 0.400. The smallest absolute Gasteiger partial charge is 0.109 e. The van der Waals surface area contributed by atoms with Crippen LogP contribution in [0.3, 0.4) is 0 Å². The van der Waals surface area contributed by atoms with E-state index in [2.05, 4.69) is 16.5 Å². The third kappa shape index (κ3) is 3.52. The van der Waals surface area contributed by atoms with E-state index in [1.165, 1.54) is 0 Å². The maximum absolute atomic E-state index is 6.23. The minimum Gasteiger partial charge on any atom is -0.326 e. The van der Waals surface area contributed by atoms with E-state index >= 15 is 0 Å². The van der Waals surface area contributed by atoms with Gasteiger partial charge in [-0.25, -0.2) is 4.98 Å². The molecule has 2 aromatic rings. The second-order valence-electron chi connectivity index (χ2n) is 4.58. The quantitative estimate of drug-likeness (QED) is 0.709. The molecule has 0 fully saturated rings. The molecule has 0 bridgehead atoms. The highest BCUT2D eigenvalue weighted by molar-refractivity contribution is 6.31. The molecule has 0 spiro atoms. The fourth-order valence-corrected chi connectivity index (χ4v) is 2.49. The van der Waals surface area contributed by atoms with Gasteiger partial charge in [-0.15, -0.1) is 11.6 Å². The molecule has 0 aliphatic heterocycles. The normalized spacial score (nSPS) is 10.9. The number of hydrogen-bond donors (Lipinski definition) is 0. The highest BCUT2D eigenvalue weighted by Crippen LogP contribution is 2.19. The Morgan fingerprint density at radius 3 is 2.74 bits per heavy atom. The van der Waals surface area contributed by atoms with Crippen LogP contribution in [0.1, 0.15) is 36.8 Å². The van der Waals surface area contributed by atoms with Crippen LogP contribution < -0.4 is 0 Å². The van der Waals surface area contributed by atoms with Crippen molar-refractivity contribution in [1.29, 1.82) is 0 Å². The van der Waals surface area contributed by atoms with Gasteiger partial charge in [0.25, 0.3) is 0 Å². The van der Waals surface area contributed by atoms with Crippen LogP contribution in [0.2, 0.25) is 5.02 Å². The zero-order valence-electron chi connectivity index (χ0n) is 11.1. The molecule has 19 heavy (non-hydrogen) atoms. The first-order valence-corrected chi connectivity index (χ1v) is 7.50. The Bertz CT molecular complexity index is 535. The van der Waals surface area contributed by atoms with E-state index in [0.29, 0.717) is 5.88 Å². The molecule has 2 rings (SSSR count). The average molecular weight is 297 g/mol. The first-order chi connectivity index (χ1) is 9.26. The van der Waals surface area contributed by atoms with Gasteiger partial charge in [0, 0.05) is 17.6 Å². The van der Waals surface area contributed by atoms with Gasteiger partial charge in [0.1, 0.15) is 5.82 Å². The van der Waals surface area contributed by atoms with Gasteiger partial charge in [0.05, 0.1) is 18.1 Å². The zero-order valence-corrected chi connectivity index (χ0v) is 12.6. The molecule has 1 heterocycles. The standard InChI is InChI=1S/C15H18Cl2N2/c1-2-3-8-15-18-10-13(9-16)19(15)11-12-6-4-5-7-14(12)17/h4-7,10H,2-3,8-9,11H2,1H3. The van der Waals surface area contributed by atoms with Crippen LogP contribution >= 0.6 is 23.2 Å². The lowest BCUT2D eigenvalue weighted by molar-refractivity contribution is 0.665. The molecule has 0 unspecified atom stereocenters. The van der Waals surface area contributed by atoms with E-state index in [0.717, 1.165) is 47.9 Å². The Morgan fingerprint density at radius 1 is 1.26 bits per heavy atom. The van der Waals surface area contributed by atoms with Gasteiger partial charge >= 0.3 is 0 Å². The highest BCUT2D eigenvalue weighted by atomic mass is 35.5. The molecule has 0 saturated heterocycles. The summed E-state index contributed by atoms with van der Waals surface area (Å²) in [5, 5.41) is 0.790. The summed E-state index contributed by atoms with van der Waals surface area (Å²) in [5.74, 6) is 1.57. The molecule has 102 valence electrons. The minimum atomic E-state index is 0.476. The Balaban J connectivity index is 2.27. The van der Waals surface area contributed by atoms with Crippen molar-refractivity contribution in [2.24, 2.45) is 0 Å². The van der Waals surface area contributed by atoms with Gasteiger partial charge in [0.2, 0.25) is 0 Å². The molecule has 0 radical (unpaired) electrons. The monoisotopic (exact) mass is 296 g/mol. The van der Waals surface area contributed by atoms with Crippen LogP contribution in [-0.4, -0.2) is 9.55 Å². The fourth-order valence-electron chi connectivity index (χ4n) is 2.08. The van der Waals surface area contributed by atoms with Crippen molar-refractivity contribution in [2.45, 2.75) is 38.6 Å². The third-order valence-electron chi connectivity index (χ3n) is 3.20. The Morgan fingerprint density at radius 2 is 2.05 bits per heavy atom. The summed E-state index contributed by atoms with van der Waals surface area (Å²) in [7, 11) is 0. The minimum absolute atomic E-state index is 0.476. The molecule has 4 heteroatoms. The number of nitrogens with zero attached hydrogens (tertiary/aromatic N) is 2. The first-order valence-electron chi connectivity index (χ1n) is 6.59. The zero-order chi connectivity index (χ0) is 13.7. The van der Waals surface area contributed by atoms with Crippen LogP contribution in [0, 0.1) is 0 Å². The summed E-state index contributed by atoms with van der Waals surface area (Å²) in [6.45, 7) is 2.92. The number of imidazole rings is 1. The summed E-state index contributed by atoms with van der Waals surface area (Å²) < 4.78 is 2.18. The molecule has 0 N–H and O–H groups in total. The van der Waals surface area contributed by atoms with Crippen LogP contribution in [0.5, 0.6) is 0 Å². The second kappa shape index (κ2) is 6.97. The molecule has 0 saturated carbocycles. The Kier molecular flexibility index (Phi) is 5.29. The van der Waals surface area contributed by atoms with Crippen molar-refractivity contribution >= 4 is 23.2 Å². The predicted octanol–water partition coefficient (Wildman–Crippen LogP) is 4.67. The number of halogens is 2. The van der Waals surface area contributed by atoms with E-state index in [9.17, 15) is 0 Å².